The smallest absolute Gasteiger partial charge is 0.254 e. The zero-order valence-electron chi connectivity index (χ0n) is 13.8. The maximum atomic E-state index is 12.8. The summed E-state index contributed by atoms with van der Waals surface area (Å²) in [6, 6.07) is 8.67. The Morgan fingerprint density at radius 3 is 2.50 bits per heavy atom. The third-order valence-electron chi connectivity index (χ3n) is 5.05. The van der Waals surface area contributed by atoms with Gasteiger partial charge >= 0.3 is 0 Å². The number of benzene rings is 1. The molecule has 1 aromatic rings. The van der Waals surface area contributed by atoms with Gasteiger partial charge in [0.2, 0.25) is 0 Å². The fourth-order valence-electron chi connectivity index (χ4n) is 3.82. The zero-order chi connectivity index (χ0) is 15.4. The Morgan fingerprint density at radius 2 is 1.82 bits per heavy atom. The molecule has 0 spiro atoms. The number of aryl methyl sites for hydroxylation is 1. The third-order valence-corrected chi connectivity index (χ3v) is 5.05. The van der Waals surface area contributed by atoms with Crippen LogP contribution in [0, 0.1) is 0 Å². The second-order valence-electron chi connectivity index (χ2n) is 6.75. The Hall–Kier alpha value is -1.35. The lowest BCUT2D eigenvalue weighted by Gasteiger charge is -2.28. The Balaban J connectivity index is 1.64. The molecule has 2 fully saturated rings. The number of likely N-dealkylation sites (tertiary alicyclic amines) is 2. The van der Waals surface area contributed by atoms with Gasteiger partial charge in [-0.05, 0) is 62.9 Å². The van der Waals surface area contributed by atoms with Crippen molar-refractivity contribution in [1.82, 2.24) is 9.80 Å². The molecule has 1 unspecified atom stereocenters. The fourth-order valence-corrected chi connectivity index (χ4v) is 3.82. The number of rotatable bonds is 5. The summed E-state index contributed by atoms with van der Waals surface area (Å²) in [7, 11) is 0. The standard InChI is InChI=1S/C19H28N2O/c1-2-6-16-8-10-17(11-9-16)19(22)21-14-5-7-18(21)15-20-12-3-4-13-20/h8-11,18H,2-7,12-15H2,1H3. The van der Waals surface area contributed by atoms with Gasteiger partial charge in [0, 0.05) is 24.7 Å². The predicted molar refractivity (Wildman–Crippen MR) is 90.2 cm³/mol. The molecule has 0 bridgehead atoms. The topological polar surface area (TPSA) is 23.6 Å². The second-order valence-corrected chi connectivity index (χ2v) is 6.75. The minimum Gasteiger partial charge on any atom is -0.334 e. The molecule has 1 aromatic carbocycles. The molecule has 3 heteroatoms. The normalized spacial score (nSPS) is 22.4. The molecule has 0 aromatic heterocycles. The van der Waals surface area contributed by atoms with Crippen molar-refractivity contribution in [3.63, 3.8) is 0 Å². The number of amides is 1. The van der Waals surface area contributed by atoms with Gasteiger partial charge in [0.05, 0.1) is 0 Å². The van der Waals surface area contributed by atoms with Crippen molar-refractivity contribution >= 4 is 5.91 Å². The summed E-state index contributed by atoms with van der Waals surface area (Å²) in [4.78, 5) is 17.5. The van der Waals surface area contributed by atoms with E-state index in [1.165, 1.54) is 31.5 Å². The lowest BCUT2D eigenvalue weighted by molar-refractivity contribution is 0.0709. The molecule has 2 saturated heterocycles. The van der Waals surface area contributed by atoms with E-state index in [9.17, 15) is 4.79 Å². The average Bonchev–Trinajstić information content (AvgIpc) is 3.20. The maximum Gasteiger partial charge on any atom is 0.254 e. The molecule has 22 heavy (non-hydrogen) atoms. The van der Waals surface area contributed by atoms with E-state index in [-0.39, 0.29) is 5.91 Å². The van der Waals surface area contributed by atoms with Crippen molar-refractivity contribution in [2.45, 2.75) is 51.5 Å². The van der Waals surface area contributed by atoms with Gasteiger partial charge in [-0.15, -0.1) is 0 Å². The molecule has 2 aliphatic heterocycles. The number of carbonyl (C=O) groups is 1. The van der Waals surface area contributed by atoms with Gasteiger partial charge in [0.15, 0.2) is 0 Å². The minimum absolute atomic E-state index is 0.227. The van der Waals surface area contributed by atoms with Crippen molar-refractivity contribution in [2.75, 3.05) is 26.2 Å². The summed E-state index contributed by atoms with van der Waals surface area (Å²) in [5.41, 5.74) is 2.18. The van der Waals surface area contributed by atoms with Crippen molar-refractivity contribution in [3.05, 3.63) is 35.4 Å². The quantitative estimate of drug-likeness (QED) is 0.832. The van der Waals surface area contributed by atoms with E-state index in [1.54, 1.807) is 0 Å². The Kier molecular flexibility index (Phi) is 5.14. The molecule has 3 rings (SSSR count). The monoisotopic (exact) mass is 300 g/mol. The van der Waals surface area contributed by atoms with E-state index in [4.69, 9.17) is 0 Å². The highest BCUT2D eigenvalue weighted by atomic mass is 16.2. The molecule has 1 amide bonds. The van der Waals surface area contributed by atoms with E-state index in [0.29, 0.717) is 6.04 Å². The van der Waals surface area contributed by atoms with Crippen LogP contribution in [0.25, 0.3) is 0 Å². The van der Waals surface area contributed by atoms with Gasteiger partial charge < -0.3 is 9.80 Å². The molecule has 3 nitrogen and oxygen atoms in total. The predicted octanol–water partition coefficient (Wildman–Crippen LogP) is 3.34. The molecule has 0 N–H and O–H groups in total. The summed E-state index contributed by atoms with van der Waals surface area (Å²) >= 11 is 0. The third kappa shape index (κ3) is 3.52. The van der Waals surface area contributed by atoms with E-state index in [2.05, 4.69) is 28.9 Å². The molecule has 0 radical (unpaired) electrons. The highest BCUT2D eigenvalue weighted by Crippen LogP contribution is 2.22. The van der Waals surface area contributed by atoms with Crippen LogP contribution in [-0.2, 0) is 6.42 Å². The summed E-state index contributed by atoms with van der Waals surface area (Å²) in [6.07, 6.45) is 7.19. The largest absolute Gasteiger partial charge is 0.334 e. The van der Waals surface area contributed by atoms with Crippen LogP contribution in [0.4, 0.5) is 0 Å². The first-order chi connectivity index (χ1) is 10.8. The van der Waals surface area contributed by atoms with Crippen LogP contribution in [0.5, 0.6) is 0 Å². The van der Waals surface area contributed by atoms with Gasteiger partial charge in [-0.3, -0.25) is 4.79 Å². The van der Waals surface area contributed by atoms with Crippen molar-refractivity contribution < 1.29 is 4.79 Å². The molecule has 0 saturated carbocycles. The van der Waals surface area contributed by atoms with Gasteiger partial charge in [0.25, 0.3) is 5.91 Å². The minimum atomic E-state index is 0.227. The van der Waals surface area contributed by atoms with Crippen molar-refractivity contribution in [2.24, 2.45) is 0 Å². The summed E-state index contributed by atoms with van der Waals surface area (Å²) in [5, 5.41) is 0. The van der Waals surface area contributed by atoms with Crippen LogP contribution < -0.4 is 0 Å². The van der Waals surface area contributed by atoms with E-state index in [1.807, 2.05) is 12.1 Å². The number of hydrogen-bond acceptors (Lipinski definition) is 2. The van der Waals surface area contributed by atoms with E-state index in [0.717, 1.165) is 44.3 Å². The first kappa shape index (κ1) is 15.5. The molecular formula is C19H28N2O. The Morgan fingerprint density at radius 1 is 1.09 bits per heavy atom. The highest BCUT2D eigenvalue weighted by Gasteiger charge is 2.31. The fraction of sp³-hybridized carbons (Fsp3) is 0.632. The van der Waals surface area contributed by atoms with Gasteiger partial charge in [-0.25, -0.2) is 0 Å². The van der Waals surface area contributed by atoms with Crippen LogP contribution in [0.15, 0.2) is 24.3 Å². The van der Waals surface area contributed by atoms with Gasteiger partial charge in [-0.2, -0.15) is 0 Å². The highest BCUT2D eigenvalue weighted by molar-refractivity contribution is 5.94. The van der Waals surface area contributed by atoms with Crippen molar-refractivity contribution in [3.8, 4) is 0 Å². The molecule has 2 aliphatic rings. The van der Waals surface area contributed by atoms with Gasteiger partial charge in [0.1, 0.15) is 0 Å². The lowest BCUT2D eigenvalue weighted by atomic mass is 10.1. The molecule has 0 aliphatic carbocycles. The summed E-state index contributed by atoms with van der Waals surface area (Å²) in [6.45, 7) is 6.61. The zero-order valence-corrected chi connectivity index (χ0v) is 13.8. The molecular weight excluding hydrogens is 272 g/mol. The molecule has 1 atom stereocenters. The Labute approximate surface area is 134 Å². The van der Waals surface area contributed by atoms with Crippen LogP contribution in [0.1, 0.15) is 54.9 Å². The number of carbonyl (C=O) groups excluding carboxylic acids is 1. The first-order valence-corrected chi connectivity index (χ1v) is 8.90. The van der Waals surface area contributed by atoms with Crippen LogP contribution in [0.3, 0.4) is 0 Å². The first-order valence-electron chi connectivity index (χ1n) is 8.90. The van der Waals surface area contributed by atoms with E-state index >= 15 is 0 Å². The lowest BCUT2D eigenvalue weighted by Crippen LogP contribution is -2.42. The summed E-state index contributed by atoms with van der Waals surface area (Å²) in [5.74, 6) is 0.227. The average molecular weight is 300 g/mol. The van der Waals surface area contributed by atoms with Crippen LogP contribution >= 0.6 is 0 Å². The number of nitrogens with zero attached hydrogens (tertiary/aromatic N) is 2. The van der Waals surface area contributed by atoms with Crippen molar-refractivity contribution in [1.29, 1.82) is 0 Å². The maximum absolute atomic E-state index is 12.8. The van der Waals surface area contributed by atoms with Crippen LogP contribution in [0.2, 0.25) is 0 Å². The summed E-state index contributed by atoms with van der Waals surface area (Å²) < 4.78 is 0. The number of hydrogen-bond donors (Lipinski definition) is 0. The van der Waals surface area contributed by atoms with E-state index < -0.39 is 0 Å². The SMILES string of the molecule is CCCc1ccc(C(=O)N2CCCC2CN2CCCC2)cc1. The molecule has 120 valence electrons. The molecule has 2 heterocycles. The second kappa shape index (κ2) is 7.28. The Bertz CT molecular complexity index is 491. The van der Waals surface area contributed by atoms with Gasteiger partial charge in [-0.1, -0.05) is 25.5 Å². The van der Waals surface area contributed by atoms with Crippen LogP contribution in [-0.4, -0.2) is 47.9 Å².